The van der Waals surface area contributed by atoms with Crippen LogP contribution in [0.1, 0.15) is 39.0 Å². The Labute approximate surface area is 108 Å². The Morgan fingerprint density at radius 1 is 1.47 bits per heavy atom. The van der Waals surface area contributed by atoms with Crippen LogP contribution in [-0.4, -0.2) is 40.6 Å². The van der Waals surface area contributed by atoms with E-state index in [0.717, 1.165) is 25.7 Å². The van der Waals surface area contributed by atoms with Crippen molar-refractivity contribution in [1.82, 2.24) is 4.90 Å². The number of nitrogens with zero attached hydrogens (tertiary/aromatic N) is 1. The van der Waals surface area contributed by atoms with Gasteiger partial charge in [-0.05, 0) is 26.2 Å². The van der Waals surface area contributed by atoms with Gasteiger partial charge in [-0.3, -0.25) is 4.79 Å². The van der Waals surface area contributed by atoms with E-state index in [1.54, 1.807) is 4.90 Å². The number of hydrogen-bond donors (Lipinski definition) is 2. The summed E-state index contributed by atoms with van der Waals surface area (Å²) < 4.78 is 0. The van der Waals surface area contributed by atoms with Crippen LogP contribution in [0.5, 0.6) is 0 Å². The fourth-order valence-electron chi connectivity index (χ4n) is 2.51. The van der Waals surface area contributed by atoms with Crippen LogP contribution < -0.4 is 5.73 Å². The van der Waals surface area contributed by atoms with Gasteiger partial charge >= 0.3 is 0 Å². The molecule has 0 aromatic heterocycles. The highest BCUT2D eigenvalue weighted by Crippen LogP contribution is 2.40. The average Bonchev–Trinajstić information content (AvgIpc) is 2.80. The fraction of sp³-hybridized carbons (Fsp3) is 0.833. The molecule has 1 aliphatic carbocycles. The van der Waals surface area contributed by atoms with Gasteiger partial charge in [-0.25, -0.2) is 0 Å². The lowest BCUT2D eigenvalue weighted by Crippen LogP contribution is -2.49. The van der Waals surface area contributed by atoms with Gasteiger partial charge in [0.15, 0.2) is 0 Å². The first kappa shape index (κ1) is 14.4. The molecule has 0 spiro atoms. The molecule has 1 saturated carbocycles. The monoisotopic (exact) mass is 258 g/mol. The van der Waals surface area contributed by atoms with Crippen molar-refractivity contribution in [2.24, 2.45) is 11.1 Å². The minimum absolute atomic E-state index is 0.0541. The lowest BCUT2D eigenvalue weighted by molar-refractivity contribution is -0.138. The molecule has 0 unspecified atom stereocenters. The summed E-state index contributed by atoms with van der Waals surface area (Å²) in [5.74, 6) is 0.0541. The standard InChI is InChI=1S/C12H22N2O2S/c1-2-14(8-5-9-15)11(16)12(10(13)17)6-3-4-7-12/h15H,2-9H2,1H3,(H2,13,17). The molecule has 4 nitrogen and oxygen atoms in total. The zero-order chi connectivity index (χ0) is 12.9. The zero-order valence-corrected chi connectivity index (χ0v) is 11.3. The third kappa shape index (κ3) is 2.96. The normalized spacial score (nSPS) is 18.0. The van der Waals surface area contributed by atoms with E-state index in [1.807, 2.05) is 6.92 Å². The number of aliphatic hydroxyl groups is 1. The van der Waals surface area contributed by atoms with Crippen molar-refractivity contribution in [3.8, 4) is 0 Å². The van der Waals surface area contributed by atoms with E-state index in [-0.39, 0.29) is 12.5 Å². The summed E-state index contributed by atoms with van der Waals surface area (Å²) in [6.07, 6.45) is 4.18. The SMILES string of the molecule is CCN(CCCO)C(=O)C1(C(N)=S)CCCC1. The Bertz CT molecular complexity index is 288. The Hall–Kier alpha value is -0.680. The maximum atomic E-state index is 12.5. The summed E-state index contributed by atoms with van der Waals surface area (Å²) in [6, 6.07) is 0. The van der Waals surface area contributed by atoms with Gasteiger partial charge in [0, 0.05) is 19.7 Å². The molecule has 0 bridgehead atoms. The average molecular weight is 258 g/mol. The highest BCUT2D eigenvalue weighted by molar-refractivity contribution is 7.80. The van der Waals surface area contributed by atoms with Crippen molar-refractivity contribution >= 4 is 23.1 Å². The van der Waals surface area contributed by atoms with Crippen LogP contribution in [0.25, 0.3) is 0 Å². The molecule has 3 N–H and O–H groups in total. The molecule has 0 radical (unpaired) electrons. The molecule has 1 aliphatic rings. The number of hydrogen-bond acceptors (Lipinski definition) is 3. The molecule has 1 amide bonds. The Morgan fingerprint density at radius 2 is 2.06 bits per heavy atom. The third-order valence-electron chi connectivity index (χ3n) is 3.59. The molecule has 0 aliphatic heterocycles. The summed E-state index contributed by atoms with van der Waals surface area (Å²) in [5.41, 5.74) is 5.18. The quantitative estimate of drug-likeness (QED) is 0.699. The van der Waals surface area contributed by atoms with Crippen LogP contribution in [0.4, 0.5) is 0 Å². The summed E-state index contributed by atoms with van der Waals surface area (Å²) in [4.78, 5) is 14.6. The Kier molecular flexibility index (Phi) is 5.33. The molecule has 0 aromatic rings. The van der Waals surface area contributed by atoms with Gasteiger partial charge in [0.1, 0.15) is 0 Å². The Balaban J connectivity index is 2.79. The lowest BCUT2D eigenvalue weighted by Gasteiger charge is -2.33. The maximum absolute atomic E-state index is 12.5. The molecule has 0 saturated heterocycles. The van der Waals surface area contributed by atoms with Gasteiger partial charge in [0.25, 0.3) is 0 Å². The van der Waals surface area contributed by atoms with E-state index in [0.29, 0.717) is 24.5 Å². The van der Waals surface area contributed by atoms with E-state index in [2.05, 4.69) is 0 Å². The number of nitrogens with two attached hydrogens (primary N) is 1. The molecule has 98 valence electrons. The van der Waals surface area contributed by atoms with Crippen molar-refractivity contribution in [3.05, 3.63) is 0 Å². The number of rotatable bonds is 6. The van der Waals surface area contributed by atoms with Crippen LogP contribution in [0.15, 0.2) is 0 Å². The van der Waals surface area contributed by atoms with E-state index >= 15 is 0 Å². The molecule has 0 atom stereocenters. The zero-order valence-electron chi connectivity index (χ0n) is 10.4. The summed E-state index contributed by atoms with van der Waals surface area (Å²) >= 11 is 5.10. The van der Waals surface area contributed by atoms with Crippen LogP contribution >= 0.6 is 12.2 Å². The lowest BCUT2D eigenvalue weighted by atomic mass is 9.84. The summed E-state index contributed by atoms with van der Waals surface area (Å²) in [6.45, 7) is 3.26. The highest BCUT2D eigenvalue weighted by Gasteiger charge is 2.45. The molecular weight excluding hydrogens is 236 g/mol. The number of aliphatic hydroxyl groups excluding tert-OH is 1. The van der Waals surface area contributed by atoms with Gasteiger partial charge in [-0.2, -0.15) is 0 Å². The molecule has 1 rings (SSSR count). The van der Waals surface area contributed by atoms with E-state index in [4.69, 9.17) is 23.1 Å². The summed E-state index contributed by atoms with van der Waals surface area (Å²) in [7, 11) is 0. The van der Waals surface area contributed by atoms with Gasteiger partial charge in [0.05, 0.1) is 10.4 Å². The Morgan fingerprint density at radius 3 is 2.47 bits per heavy atom. The number of carbonyl (C=O) groups excluding carboxylic acids is 1. The second kappa shape index (κ2) is 6.31. The molecule has 17 heavy (non-hydrogen) atoms. The maximum Gasteiger partial charge on any atom is 0.235 e. The fourth-order valence-corrected chi connectivity index (χ4v) is 2.80. The smallest absolute Gasteiger partial charge is 0.235 e. The molecular formula is C12H22N2O2S. The first-order valence-corrected chi connectivity index (χ1v) is 6.69. The predicted molar refractivity (Wildman–Crippen MR) is 71.6 cm³/mol. The van der Waals surface area contributed by atoms with Crippen LogP contribution in [0.2, 0.25) is 0 Å². The van der Waals surface area contributed by atoms with Gasteiger partial charge in [0.2, 0.25) is 5.91 Å². The van der Waals surface area contributed by atoms with E-state index < -0.39 is 5.41 Å². The second-order valence-electron chi connectivity index (χ2n) is 4.62. The number of thiocarbonyl (C=S) groups is 1. The molecule has 5 heteroatoms. The number of amides is 1. The van der Waals surface area contributed by atoms with Gasteiger partial charge in [-0.15, -0.1) is 0 Å². The van der Waals surface area contributed by atoms with Crippen molar-refractivity contribution in [2.75, 3.05) is 19.7 Å². The van der Waals surface area contributed by atoms with Crippen molar-refractivity contribution in [2.45, 2.75) is 39.0 Å². The summed E-state index contributed by atoms with van der Waals surface area (Å²) in [5, 5.41) is 8.84. The first-order chi connectivity index (χ1) is 8.08. The highest BCUT2D eigenvalue weighted by atomic mass is 32.1. The predicted octanol–water partition coefficient (Wildman–Crippen LogP) is 1.06. The molecule has 0 aromatic carbocycles. The number of carbonyl (C=O) groups is 1. The second-order valence-corrected chi connectivity index (χ2v) is 5.06. The third-order valence-corrected chi connectivity index (χ3v) is 3.98. The molecule has 0 heterocycles. The van der Waals surface area contributed by atoms with Crippen LogP contribution in [0.3, 0.4) is 0 Å². The minimum atomic E-state index is -0.610. The van der Waals surface area contributed by atoms with Crippen LogP contribution in [-0.2, 0) is 4.79 Å². The van der Waals surface area contributed by atoms with E-state index in [1.165, 1.54) is 0 Å². The topological polar surface area (TPSA) is 66.6 Å². The van der Waals surface area contributed by atoms with Crippen molar-refractivity contribution < 1.29 is 9.90 Å². The largest absolute Gasteiger partial charge is 0.396 e. The van der Waals surface area contributed by atoms with Gasteiger partial charge < -0.3 is 15.7 Å². The minimum Gasteiger partial charge on any atom is -0.396 e. The van der Waals surface area contributed by atoms with E-state index in [9.17, 15) is 4.79 Å². The van der Waals surface area contributed by atoms with Crippen molar-refractivity contribution in [1.29, 1.82) is 0 Å². The van der Waals surface area contributed by atoms with Gasteiger partial charge in [-0.1, -0.05) is 25.1 Å². The van der Waals surface area contributed by atoms with Crippen LogP contribution in [0, 0.1) is 5.41 Å². The molecule has 1 fully saturated rings. The first-order valence-electron chi connectivity index (χ1n) is 6.28. The van der Waals surface area contributed by atoms with Crippen molar-refractivity contribution in [3.63, 3.8) is 0 Å².